The van der Waals surface area contributed by atoms with Gasteiger partial charge in [0.1, 0.15) is 0 Å². The van der Waals surface area contributed by atoms with E-state index in [0.717, 1.165) is 4.88 Å². The first kappa shape index (κ1) is 14.6. The second-order valence-electron chi connectivity index (χ2n) is 4.88. The van der Waals surface area contributed by atoms with Gasteiger partial charge in [0.2, 0.25) is 0 Å². The molecule has 2 heterocycles. The van der Waals surface area contributed by atoms with Gasteiger partial charge in [-0.3, -0.25) is 0 Å². The highest BCUT2D eigenvalue weighted by Gasteiger charge is 2.42. The zero-order valence-corrected chi connectivity index (χ0v) is 11.8. The monoisotopic (exact) mass is 293 g/mol. The Morgan fingerprint density at radius 2 is 2.26 bits per heavy atom. The molecule has 0 aliphatic carbocycles. The summed E-state index contributed by atoms with van der Waals surface area (Å²) in [6.07, 6.45) is -1.55. The van der Waals surface area contributed by atoms with Crippen LogP contribution in [0.1, 0.15) is 30.7 Å². The number of hydrogen-bond donors (Lipinski definition) is 1. The van der Waals surface area contributed by atoms with E-state index in [0.29, 0.717) is 18.1 Å². The molecule has 7 heteroatoms. The van der Waals surface area contributed by atoms with E-state index in [9.17, 15) is 13.2 Å². The van der Waals surface area contributed by atoms with Gasteiger partial charge in [0.05, 0.1) is 5.92 Å². The number of piperidine rings is 1. The van der Waals surface area contributed by atoms with Crippen LogP contribution in [0, 0.1) is 5.92 Å². The molecule has 0 bridgehead atoms. The Morgan fingerprint density at radius 1 is 1.53 bits per heavy atom. The van der Waals surface area contributed by atoms with Crippen LogP contribution >= 0.6 is 11.3 Å². The lowest BCUT2D eigenvalue weighted by atomic mass is 9.98. The van der Waals surface area contributed by atoms with Crippen LogP contribution in [0.15, 0.2) is 6.20 Å². The van der Waals surface area contributed by atoms with E-state index in [1.807, 2.05) is 14.0 Å². The third-order valence-electron chi connectivity index (χ3n) is 3.53. The van der Waals surface area contributed by atoms with E-state index in [1.165, 1.54) is 11.3 Å². The van der Waals surface area contributed by atoms with Crippen LogP contribution in [0.25, 0.3) is 0 Å². The highest BCUT2D eigenvalue weighted by molar-refractivity contribution is 7.15. The first-order valence-electron chi connectivity index (χ1n) is 6.36. The second kappa shape index (κ2) is 5.66. The fourth-order valence-electron chi connectivity index (χ4n) is 2.18. The molecule has 2 rings (SSSR count). The molecule has 3 nitrogen and oxygen atoms in total. The van der Waals surface area contributed by atoms with E-state index in [-0.39, 0.29) is 19.0 Å². The van der Waals surface area contributed by atoms with E-state index in [1.54, 1.807) is 11.1 Å². The number of nitrogens with zero attached hydrogens (tertiary/aromatic N) is 2. The predicted molar refractivity (Wildman–Crippen MR) is 70.6 cm³/mol. The Bertz CT molecular complexity index is 419. The number of halogens is 3. The normalized spacial score (nSPS) is 22.6. The topological polar surface area (TPSA) is 28.2 Å². The minimum Gasteiger partial charge on any atom is -0.347 e. The van der Waals surface area contributed by atoms with Crippen molar-refractivity contribution in [1.29, 1.82) is 0 Å². The molecule has 2 unspecified atom stereocenters. The van der Waals surface area contributed by atoms with Gasteiger partial charge in [-0.15, -0.1) is 11.3 Å². The van der Waals surface area contributed by atoms with Crippen LogP contribution in [-0.2, 0) is 0 Å². The lowest BCUT2D eigenvalue weighted by Gasteiger charge is -2.33. The van der Waals surface area contributed by atoms with Gasteiger partial charge in [0, 0.05) is 30.2 Å². The summed E-state index contributed by atoms with van der Waals surface area (Å²) in [6, 6.07) is 0.175. The molecule has 0 spiro atoms. The van der Waals surface area contributed by atoms with Crippen LogP contribution in [-0.4, -0.2) is 31.3 Å². The van der Waals surface area contributed by atoms with Crippen LogP contribution in [0.5, 0.6) is 0 Å². The summed E-state index contributed by atoms with van der Waals surface area (Å²) in [5.41, 5.74) is 0. The Hall–Kier alpha value is -0.820. The van der Waals surface area contributed by atoms with Gasteiger partial charge in [-0.05, 0) is 26.8 Å². The summed E-state index contributed by atoms with van der Waals surface area (Å²) < 4.78 is 38.3. The summed E-state index contributed by atoms with van der Waals surface area (Å²) in [6.45, 7) is 2.70. The van der Waals surface area contributed by atoms with Gasteiger partial charge in [-0.2, -0.15) is 13.2 Å². The highest BCUT2D eigenvalue weighted by Crippen LogP contribution is 2.36. The number of hydrogen-bond acceptors (Lipinski definition) is 4. The predicted octanol–water partition coefficient (Wildman–Crippen LogP) is 3.20. The number of alkyl halides is 3. The average Bonchev–Trinajstić information content (AvgIpc) is 2.86. The molecule has 108 valence electrons. The lowest BCUT2D eigenvalue weighted by molar-refractivity contribution is -0.175. The maximum Gasteiger partial charge on any atom is 0.393 e. The molecule has 0 saturated carbocycles. The molecule has 2 atom stereocenters. The number of rotatable bonds is 3. The summed E-state index contributed by atoms with van der Waals surface area (Å²) in [5.74, 6) is -1.23. The van der Waals surface area contributed by atoms with E-state index in [2.05, 4.69) is 10.3 Å². The van der Waals surface area contributed by atoms with Crippen molar-refractivity contribution in [3.8, 4) is 0 Å². The first-order chi connectivity index (χ1) is 8.91. The van der Waals surface area contributed by atoms with Crippen molar-refractivity contribution in [2.45, 2.75) is 32.0 Å². The SMILES string of the molecule is CNC(C)c1cnc(N2CCCC(C(F)(F)F)C2)s1. The van der Waals surface area contributed by atoms with Crippen molar-refractivity contribution in [3.63, 3.8) is 0 Å². The minimum absolute atomic E-state index is 0.0321. The molecule has 1 fully saturated rings. The summed E-state index contributed by atoms with van der Waals surface area (Å²) in [4.78, 5) is 7.07. The van der Waals surface area contributed by atoms with E-state index < -0.39 is 12.1 Å². The second-order valence-corrected chi connectivity index (χ2v) is 5.92. The van der Waals surface area contributed by atoms with Crippen LogP contribution < -0.4 is 10.2 Å². The van der Waals surface area contributed by atoms with Gasteiger partial charge in [-0.25, -0.2) is 4.98 Å². The highest BCUT2D eigenvalue weighted by atomic mass is 32.1. The molecule has 0 radical (unpaired) electrons. The maximum atomic E-state index is 12.8. The van der Waals surface area contributed by atoms with Gasteiger partial charge in [0.15, 0.2) is 5.13 Å². The molecule has 1 saturated heterocycles. The van der Waals surface area contributed by atoms with Crippen molar-refractivity contribution in [2.24, 2.45) is 5.92 Å². The Kier molecular flexibility index (Phi) is 4.35. The smallest absolute Gasteiger partial charge is 0.347 e. The van der Waals surface area contributed by atoms with Gasteiger partial charge >= 0.3 is 6.18 Å². The van der Waals surface area contributed by atoms with Crippen LogP contribution in [0.2, 0.25) is 0 Å². The Morgan fingerprint density at radius 3 is 2.89 bits per heavy atom. The third kappa shape index (κ3) is 3.39. The number of nitrogens with one attached hydrogen (secondary N) is 1. The van der Waals surface area contributed by atoms with Gasteiger partial charge < -0.3 is 10.2 Å². The van der Waals surface area contributed by atoms with Crippen molar-refractivity contribution in [3.05, 3.63) is 11.1 Å². The van der Waals surface area contributed by atoms with Crippen molar-refractivity contribution in [2.75, 3.05) is 25.0 Å². The molecule has 1 N–H and O–H groups in total. The summed E-state index contributed by atoms with van der Waals surface area (Å²) in [7, 11) is 1.85. The van der Waals surface area contributed by atoms with Crippen LogP contribution in [0.3, 0.4) is 0 Å². The number of aromatic nitrogens is 1. The van der Waals surface area contributed by atoms with Crippen molar-refractivity contribution >= 4 is 16.5 Å². The van der Waals surface area contributed by atoms with Crippen molar-refractivity contribution < 1.29 is 13.2 Å². The average molecular weight is 293 g/mol. The third-order valence-corrected chi connectivity index (χ3v) is 4.77. The van der Waals surface area contributed by atoms with Gasteiger partial charge in [0.25, 0.3) is 0 Å². The largest absolute Gasteiger partial charge is 0.393 e. The molecular weight excluding hydrogens is 275 g/mol. The number of thiazole rings is 1. The van der Waals surface area contributed by atoms with E-state index >= 15 is 0 Å². The minimum atomic E-state index is -4.10. The summed E-state index contributed by atoms with van der Waals surface area (Å²) in [5, 5.41) is 3.80. The van der Waals surface area contributed by atoms with Crippen LogP contribution in [0.4, 0.5) is 18.3 Å². The quantitative estimate of drug-likeness (QED) is 0.927. The zero-order valence-electron chi connectivity index (χ0n) is 11.0. The number of anilines is 1. The molecule has 0 aromatic carbocycles. The molecule has 19 heavy (non-hydrogen) atoms. The maximum absolute atomic E-state index is 12.8. The zero-order chi connectivity index (χ0) is 14.0. The fourth-order valence-corrected chi connectivity index (χ4v) is 3.19. The van der Waals surface area contributed by atoms with Crippen molar-refractivity contribution in [1.82, 2.24) is 10.3 Å². The molecule has 1 aliphatic rings. The molecule has 1 aromatic heterocycles. The fraction of sp³-hybridized carbons (Fsp3) is 0.750. The molecule has 1 aromatic rings. The Balaban J connectivity index is 2.07. The molecule has 1 aliphatic heterocycles. The molecular formula is C12H18F3N3S. The molecule has 0 amide bonds. The standard InChI is InChI=1S/C12H18F3N3S/c1-8(16-2)10-6-17-11(19-10)18-5-3-4-9(7-18)12(13,14)15/h6,8-9,16H,3-5,7H2,1-2H3. The first-order valence-corrected chi connectivity index (χ1v) is 7.18. The lowest BCUT2D eigenvalue weighted by Crippen LogP contribution is -2.41. The van der Waals surface area contributed by atoms with E-state index in [4.69, 9.17) is 0 Å². The van der Waals surface area contributed by atoms with Gasteiger partial charge in [-0.1, -0.05) is 0 Å². The summed E-state index contributed by atoms with van der Waals surface area (Å²) >= 11 is 1.47. The Labute approximate surface area is 114 Å².